The molecule has 0 rings (SSSR count). The van der Waals surface area contributed by atoms with Crippen LogP contribution in [-0.2, 0) is 22.7 Å². The van der Waals surface area contributed by atoms with Crippen molar-refractivity contribution in [1.82, 2.24) is 4.67 Å². The van der Waals surface area contributed by atoms with Crippen LogP contribution in [0.3, 0.4) is 0 Å². The fraction of sp³-hybridized carbons (Fsp3) is 0.933. The lowest BCUT2D eigenvalue weighted by molar-refractivity contribution is 0.158. The first-order valence-corrected chi connectivity index (χ1v) is 13.7. The molecule has 29 heavy (non-hydrogen) atoms. The first kappa shape index (κ1) is 29.6. The van der Waals surface area contributed by atoms with Gasteiger partial charge in [-0.2, -0.15) is 17.0 Å². The van der Waals surface area contributed by atoms with Crippen LogP contribution in [0.25, 0.3) is 0 Å². The van der Waals surface area contributed by atoms with E-state index < -0.39 is 26.5 Å². The highest BCUT2D eigenvalue weighted by Gasteiger charge is 2.42. The van der Waals surface area contributed by atoms with Crippen molar-refractivity contribution in [3.8, 4) is 6.07 Å². The molecule has 14 heteroatoms. The lowest BCUT2D eigenvalue weighted by Gasteiger charge is -2.40. The number of rotatable bonds is 15. The van der Waals surface area contributed by atoms with Gasteiger partial charge in [0.05, 0.1) is 19.1 Å². The molecule has 0 fully saturated rings. The van der Waals surface area contributed by atoms with E-state index in [1.54, 1.807) is 11.8 Å². The van der Waals surface area contributed by atoms with Gasteiger partial charge in [-0.25, -0.2) is 4.67 Å². The summed E-state index contributed by atoms with van der Waals surface area (Å²) in [6, 6.07) is 2.62. The maximum Gasteiger partial charge on any atom is 0.321 e. The maximum atomic E-state index is 12.8. The molecule has 0 radical (unpaired) electrons. The molecule has 0 spiro atoms. The third-order valence-corrected chi connectivity index (χ3v) is 11.1. The molecular weight excluding hydrogens is 425 g/mol. The summed E-state index contributed by atoms with van der Waals surface area (Å²) in [6.45, 7) is 8.81. The molecule has 0 amide bonds. The van der Waals surface area contributed by atoms with Crippen LogP contribution in [0.5, 0.6) is 0 Å². The Labute approximate surface area is 186 Å². The minimum absolute atomic E-state index is 0.250. The summed E-state index contributed by atoms with van der Waals surface area (Å²) in [4.78, 5) is -0.618. The Morgan fingerprint density at radius 2 is 1.62 bits per heavy atom. The Morgan fingerprint density at radius 3 is 2.03 bits per heavy atom. The van der Waals surface area contributed by atoms with E-state index >= 15 is 0 Å². The standard InChI is InChI=1S/C15H36B4N2O5P2S/c1-12(2)21(13(3)4)27(25-9-7-8-20)26-14(16,17)10-29-11-15(18,19)28(22,23-5)24-6/h12-13H,7,9-11,16-19H2,1-6H3. The number of nitriles is 1. The first-order chi connectivity index (χ1) is 13.3. The Morgan fingerprint density at radius 1 is 1.10 bits per heavy atom. The van der Waals surface area contributed by atoms with Crippen LogP contribution >= 0.6 is 27.9 Å². The third-order valence-electron chi connectivity index (χ3n) is 4.11. The van der Waals surface area contributed by atoms with Gasteiger partial charge in [0.15, 0.2) is 0 Å². The van der Waals surface area contributed by atoms with Gasteiger partial charge in [0, 0.05) is 42.4 Å². The molecule has 1 unspecified atom stereocenters. The van der Waals surface area contributed by atoms with Gasteiger partial charge in [-0.05, 0) is 33.4 Å². The van der Waals surface area contributed by atoms with Crippen LogP contribution < -0.4 is 0 Å². The van der Waals surface area contributed by atoms with E-state index in [-0.39, 0.29) is 12.1 Å². The summed E-state index contributed by atoms with van der Waals surface area (Å²) in [5.74, 6) is 1.29. The van der Waals surface area contributed by atoms with Crippen molar-refractivity contribution in [2.24, 2.45) is 0 Å². The van der Waals surface area contributed by atoms with E-state index in [0.29, 0.717) is 24.5 Å². The van der Waals surface area contributed by atoms with Gasteiger partial charge in [0.1, 0.15) is 31.4 Å². The predicted molar refractivity (Wildman–Crippen MR) is 135 cm³/mol. The summed E-state index contributed by atoms with van der Waals surface area (Å²) in [6.07, 6.45) is 0.332. The second-order valence-electron chi connectivity index (χ2n) is 8.57. The van der Waals surface area contributed by atoms with Gasteiger partial charge in [-0.1, -0.05) is 0 Å². The van der Waals surface area contributed by atoms with Crippen LogP contribution in [0.2, 0.25) is 0 Å². The van der Waals surface area contributed by atoms with Crippen LogP contribution in [0.1, 0.15) is 34.1 Å². The van der Waals surface area contributed by atoms with E-state index in [1.165, 1.54) is 14.2 Å². The van der Waals surface area contributed by atoms with E-state index in [0.717, 1.165) is 0 Å². The molecule has 0 saturated heterocycles. The molecule has 164 valence electrons. The van der Waals surface area contributed by atoms with Crippen molar-refractivity contribution in [2.45, 2.75) is 56.6 Å². The molecule has 0 N–H and O–H groups in total. The number of thioether (sulfide) groups is 1. The molecular formula is C15H36B4N2O5P2S. The normalized spacial score (nSPS) is 14.5. The lowest BCUT2D eigenvalue weighted by atomic mass is 9.67. The Bertz CT molecular complexity index is 565. The topological polar surface area (TPSA) is 81.0 Å². The minimum atomic E-state index is -3.17. The SMILES string of the molecule is BC(B)(CSCC(B)(B)P(=O)(OC)OC)OP(OCCC#N)N(C(C)C)C(C)C. The molecule has 1 atom stereocenters. The second kappa shape index (κ2) is 13.2. The van der Waals surface area contributed by atoms with Gasteiger partial charge in [0.25, 0.3) is 8.53 Å². The largest absolute Gasteiger partial charge is 0.333 e. The van der Waals surface area contributed by atoms with Gasteiger partial charge < -0.3 is 18.1 Å². The molecule has 0 aromatic carbocycles. The average Bonchev–Trinajstić information content (AvgIpc) is 2.59. The zero-order chi connectivity index (χ0) is 22.9. The second-order valence-corrected chi connectivity index (χ2v) is 13.9. The predicted octanol–water partition coefficient (Wildman–Crippen LogP) is 0.338. The van der Waals surface area contributed by atoms with Gasteiger partial charge >= 0.3 is 7.60 Å². The third kappa shape index (κ3) is 9.71. The minimum Gasteiger partial charge on any atom is -0.333 e. The maximum absolute atomic E-state index is 12.8. The summed E-state index contributed by atoms with van der Waals surface area (Å²) in [5.41, 5.74) is 0. The summed E-state index contributed by atoms with van der Waals surface area (Å²) < 4.78 is 37.7. The molecule has 0 aromatic rings. The van der Waals surface area contributed by atoms with Crippen LogP contribution in [-0.4, -0.2) is 90.8 Å². The molecule has 0 aliphatic heterocycles. The van der Waals surface area contributed by atoms with E-state index in [9.17, 15) is 4.57 Å². The highest BCUT2D eigenvalue weighted by Crippen LogP contribution is 2.57. The number of nitrogens with zero attached hydrogens (tertiary/aromatic N) is 2. The lowest BCUT2D eigenvalue weighted by Crippen LogP contribution is -2.42. The molecule has 0 aliphatic rings. The summed E-state index contributed by atoms with van der Waals surface area (Å²) >= 11 is 1.65. The van der Waals surface area contributed by atoms with Crippen molar-refractivity contribution in [2.75, 3.05) is 32.3 Å². The Kier molecular flexibility index (Phi) is 13.4. The zero-order valence-electron chi connectivity index (χ0n) is 19.7. The smallest absolute Gasteiger partial charge is 0.321 e. The van der Waals surface area contributed by atoms with E-state index in [4.69, 9.17) is 23.4 Å². The molecule has 0 bridgehead atoms. The highest BCUT2D eigenvalue weighted by atomic mass is 32.2. The van der Waals surface area contributed by atoms with Crippen molar-refractivity contribution in [1.29, 1.82) is 5.26 Å². The fourth-order valence-corrected chi connectivity index (χ4v) is 7.77. The Hall–Kier alpha value is 0.560. The number of hydrogen-bond donors (Lipinski definition) is 0. The van der Waals surface area contributed by atoms with Crippen molar-refractivity contribution >= 4 is 59.3 Å². The Balaban J connectivity index is 5.14. The monoisotopic (exact) mass is 462 g/mol. The van der Waals surface area contributed by atoms with Gasteiger partial charge in [0.2, 0.25) is 0 Å². The van der Waals surface area contributed by atoms with Crippen LogP contribution in [0, 0.1) is 11.3 Å². The summed E-state index contributed by atoms with van der Waals surface area (Å²) in [7, 11) is 6.18. The quantitative estimate of drug-likeness (QED) is 0.196. The van der Waals surface area contributed by atoms with Gasteiger partial charge in [-0.15, -0.1) is 0 Å². The highest BCUT2D eigenvalue weighted by molar-refractivity contribution is 8.00. The van der Waals surface area contributed by atoms with Crippen molar-refractivity contribution in [3.05, 3.63) is 0 Å². The van der Waals surface area contributed by atoms with Gasteiger partial charge in [-0.3, -0.25) is 4.57 Å². The molecule has 0 aliphatic carbocycles. The first-order valence-electron chi connectivity index (χ1n) is 9.83. The van der Waals surface area contributed by atoms with Crippen LogP contribution in [0.15, 0.2) is 0 Å². The molecule has 0 aromatic heterocycles. The average molecular weight is 462 g/mol. The summed E-state index contributed by atoms with van der Waals surface area (Å²) in [5, 5.41) is 8.38. The number of hydrogen-bond acceptors (Lipinski definition) is 8. The zero-order valence-corrected chi connectivity index (χ0v) is 22.3. The van der Waals surface area contributed by atoms with Crippen molar-refractivity contribution in [3.63, 3.8) is 0 Å². The van der Waals surface area contributed by atoms with Crippen molar-refractivity contribution < 1.29 is 22.7 Å². The molecule has 0 heterocycles. The van der Waals surface area contributed by atoms with E-state index in [2.05, 4.69) is 38.4 Å². The van der Waals surface area contributed by atoms with E-state index in [1.807, 2.05) is 31.4 Å². The fourth-order valence-electron chi connectivity index (χ4n) is 2.72. The molecule has 7 nitrogen and oxygen atoms in total. The molecule has 0 saturated carbocycles. The van der Waals surface area contributed by atoms with Crippen LogP contribution in [0.4, 0.5) is 0 Å².